The van der Waals surface area contributed by atoms with Crippen LogP contribution in [0.5, 0.6) is 0 Å². The third kappa shape index (κ3) is 3.95. The van der Waals surface area contributed by atoms with Gasteiger partial charge in [-0.1, -0.05) is 6.08 Å². The number of nitrogens with two attached hydrogens (primary N) is 2. The molecule has 1 amide bonds. The molecule has 0 aliphatic carbocycles. The van der Waals surface area contributed by atoms with Gasteiger partial charge in [-0.2, -0.15) is 0 Å². The molecule has 0 saturated heterocycles. The van der Waals surface area contributed by atoms with Gasteiger partial charge < -0.3 is 11.1 Å². The maximum atomic E-state index is 11.6. The minimum Gasteiger partial charge on any atom is -0.325 e. The third-order valence-corrected chi connectivity index (χ3v) is 3.14. The summed E-state index contributed by atoms with van der Waals surface area (Å²) in [6.45, 7) is 3.49. The van der Waals surface area contributed by atoms with Gasteiger partial charge in [-0.15, -0.1) is 6.58 Å². The van der Waals surface area contributed by atoms with Gasteiger partial charge in [-0.05, 0) is 30.7 Å². The number of rotatable bonds is 5. The molecule has 0 spiro atoms. The maximum absolute atomic E-state index is 11.6. The van der Waals surface area contributed by atoms with E-state index in [1.54, 1.807) is 6.08 Å². The van der Waals surface area contributed by atoms with Gasteiger partial charge in [0.1, 0.15) is 0 Å². The normalized spacial score (nSPS) is 12.8. The van der Waals surface area contributed by atoms with Gasteiger partial charge in [0.05, 0.1) is 10.9 Å². The number of anilines is 1. The van der Waals surface area contributed by atoms with E-state index in [9.17, 15) is 13.2 Å². The molecule has 1 unspecified atom stereocenters. The maximum Gasteiger partial charge on any atom is 0.241 e. The fourth-order valence-electron chi connectivity index (χ4n) is 1.25. The summed E-state index contributed by atoms with van der Waals surface area (Å²) in [5, 5.41) is 7.51. The van der Waals surface area contributed by atoms with Crippen LogP contribution in [0.15, 0.2) is 41.8 Å². The molecule has 0 radical (unpaired) electrons. The number of sulfonamides is 1. The number of carbonyl (C=O) groups is 1. The first-order chi connectivity index (χ1) is 8.34. The highest BCUT2D eigenvalue weighted by molar-refractivity contribution is 7.89. The molecule has 6 nitrogen and oxygen atoms in total. The summed E-state index contributed by atoms with van der Waals surface area (Å²) < 4.78 is 22.0. The number of nitrogens with one attached hydrogen (secondary N) is 1. The molecule has 0 fully saturated rings. The topological polar surface area (TPSA) is 115 Å². The van der Waals surface area contributed by atoms with Crippen LogP contribution in [0.2, 0.25) is 0 Å². The minimum absolute atomic E-state index is 0.0177. The Labute approximate surface area is 106 Å². The summed E-state index contributed by atoms with van der Waals surface area (Å²) in [5.74, 6) is -0.363. The summed E-state index contributed by atoms with van der Waals surface area (Å²) in [4.78, 5) is 11.5. The second-order valence-corrected chi connectivity index (χ2v) is 5.25. The number of hydrogen-bond donors (Lipinski definition) is 3. The Kier molecular flexibility index (Phi) is 4.60. The van der Waals surface area contributed by atoms with E-state index in [1.807, 2.05) is 0 Å². The Hall–Kier alpha value is -1.70. The van der Waals surface area contributed by atoms with Crippen molar-refractivity contribution >= 4 is 21.6 Å². The van der Waals surface area contributed by atoms with Crippen LogP contribution < -0.4 is 16.2 Å². The standard InChI is InChI=1S/C11H15N3O3S/c1-2-3-10(12)11(15)14-8-4-6-9(7-5-8)18(13,16)17/h2,4-7,10H,1,3,12H2,(H,14,15)(H2,13,16,17). The monoisotopic (exact) mass is 269 g/mol. The van der Waals surface area contributed by atoms with Crippen molar-refractivity contribution in [3.63, 3.8) is 0 Å². The Morgan fingerprint density at radius 3 is 2.39 bits per heavy atom. The Morgan fingerprint density at radius 1 is 1.39 bits per heavy atom. The lowest BCUT2D eigenvalue weighted by atomic mass is 10.2. The first-order valence-corrected chi connectivity index (χ1v) is 6.69. The van der Waals surface area contributed by atoms with E-state index in [1.165, 1.54) is 24.3 Å². The van der Waals surface area contributed by atoms with Gasteiger partial charge in [0.2, 0.25) is 15.9 Å². The Morgan fingerprint density at radius 2 is 1.94 bits per heavy atom. The van der Waals surface area contributed by atoms with Crippen molar-refractivity contribution < 1.29 is 13.2 Å². The van der Waals surface area contributed by atoms with Gasteiger partial charge in [-0.25, -0.2) is 13.6 Å². The van der Waals surface area contributed by atoms with Crippen molar-refractivity contribution in [1.82, 2.24) is 0 Å². The van der Waals surface area contributed by atoms with Crippen molar-refractivity contribution in [2.45, 2.75) is 17.4 Å². The van der Waals surface area contributed by atoms with Crippen molar-refractivity contribution in [2.75, 3.05) is 5.32 Å². The second-order valence-electron chi connectivity index (χ2n) is 3.69. The summed E-state index contributed by atoms with van der Waals surface area (Å²) >= 11 is 0. The average Bonchev–Trinajstić information content (AvgIpc) is 2.28. The molecular formula is C11H15N3O3S. The lowest BCUT2D eigenvalue weighted by Gasteiger charge is -2.10. The predicted octanol–water partition coefficient (Wildman–Crippen LogP) is 0.176. The van der Waals surface area contributed by atoms with Gasteiger partial charge >= 0.3 is 0 Å². The smallest absolute Gasteiger partial charge is 0.241 e. The van der Waals surface area contributed by atoms with E-state index in [4.69, 9.17) is 10.9 Å². The van der Waals surface area contributed by atoms with Crippen molar-refractivity contribution in [1.29, 1.82) is 0 Å². The molecule has 1 atom stereocenters. The van der Waals surface area contributed by atoms with Gasteiger partial charge in [0.25, 0.3) is 0 Å². The first-order valence-electron chi connectivity index (χ1n) is 5.15. The molecule has 0 aliphatic rings. The molecule has 0 aliphatic heterocycles. The molecular weight excluding hydrogens is 254 g/mol. The van der Waals surface area contributed by atoms with Crippen LogP contribution in [0.4, 0.5) is 5.69 Å². The molecule has 5 N–H and O–H groups in total. The van der Waals surface area contributed by atoms with Crippen LogP contribution >= 0.6 is 0 Å². The Bertz CT molecular complexity index is 537. The minimum atomic E-state index is -3.72. The van der Waals surface area contributed by atoms with Crippen molar-refractivity contribution in [2.24, 2.45) is 10.9 Å². The molecule has 98 valence electrons. The molecule has 0 bridgehead atoms. The van der Waals surface area contributed by atoms with Crippen LogP contribution in [-0.2, 0) is 14.8 Å². The SMILES string of the molecule is C=CCC(N)C(=O)Nc1ccc(S(N)(=O)=O)cc1. The fourth-order valence-corrected chi connectivity index (χ4v) is 1.76. The molecule has 1 aromatic carbocycles. The van der Waals surface area contributed by atoms with E-state index in [-0.39, 0.29) is 10.8 Å². The van der Waals surface area contributed by atoms with Gasteiger partial charge in [-0.3, -0.25) is 4.79 Å². The number of benzene rings is 1. The number of amides is 1. The van der Waals surface area contributed by atoms with E-state index in [0.29, 0.717) is 12.1 Å². The van der Waals surface area contributed by atoms with Crippen molar-refractivity contribution in [3.8, 4) is 0 Å². The van der Waals surface area contributed by atoms with Crippen molar-refractivity contribution in [3.05, 3.63) is 36.9 Å². The molecule has 0 aromatic heterocycles. The molecule has 1 aromatic rings. The highest BCUT2D eigenvalue weighted by Gasteiger charge is 2.12. The fraction of sp³-hybridized carbons (Fsp3) is 0.182. The first kappa shape index (κ1) is 14.4. The van der Waals surface area contributed by atoms with E-state index < -0.39 is 16.1 Å². The highest BCUT2D eigenvalue weighted by atomic mass is 32.2. The second kappa shape index (κ2) is 5.76. The van der Waals surface area contributed by atoms with Crippen LogP contribution in [0.3, 0.4) is 0 Å². The largest absolute Gasteiger partial charge is 0.325 e. The lowest BCUT2D eigenvalue weighted by molar-refractivity contribution is -0.117. The number of hydrogen-bond acceptors (Lipinski definition) is 4. The molecule has 1 rings (SSSR count). The van der Waals surface area contributed by atoms with Crippen LogP contribution in [0.1, 0.15) is 6.42 Å². The third-order valence-electron chi connectivity index (χ3n) is 2.21. The molecule has 0 heterocycles. The van der Waals surface area contributed by atoms with E-state index in [0.717, 1.165) is 0 Å². The van der Waals surface area contributed by atoms with Crippen LogP contribution in [-0.4, -0.2) is 20.4 Å². The molecule has 0 saturated carbocycles. The summed E-state index contributed by atoms with van der Waals surface area (Å²) in [6.07, 6.45) is 1.91. The number of carbonyl (C=O) groups excluding carboxylic acids is 1. The zero-order valence-corrected chi connectivity index (χ0v) is 10.5. The highest BCUT2D eigenvalue weighted by Crippen LogP contribution is 2.13. The summed E-state index contributed by atoms with van der Waals surface area (Å²) in [5.41, 5.74) is 6.03. The van der Waals surface area contributed by atoms with Crippen LogP contribution in [0.25, 0.3) is 0 Å². The quantitative estimate of drug-likeness (QED) is 0.661. The molecule has 7 heteroatoms. The zero-order valence-electron chi connectivity index (χ0n) is 9.67. The van der Waals surface area contributed by atoms with E-state index in [2.05, 4.69) is 11.9 Å². The zero-order chi connectivity index (χ0) is 13.8. The van der Waals surface area contributed by atoms with Gasteiger partial charge in [0, 0.05) is 5.69 Å². The molecule has 18 heavy (non-hydrogen) atoms. The number of primary sulfonamides is 1. The summed E-state index contributed by atoms with van der Waals surface area (Å²) in [6, 6.07) is 4.82. The van der Waals surface area contributed by atoms with Crippen LogP contribution in [0, 0.1) is 0 Å². The Balaban J connectivity index is 2.76. The van der Waals surface area contributed by atoms with E-state index >= 15 is 0 Å². The average molecular weight is 269 g/mol. The lowest BCUT2D eigenvalue weighted by Crippen LogP contribution is -2.35. The summed E-state index contributed by atoms with van der Waals surface area (Å²) in [7, 11) is -3.72. The van der Waals surface area contributed by atoms with Gasteiger partial charge in [0.15, 0.2) is 0 Å². The predicted molar refractivity (Wildman–Crippen MR) is 69.2 cm³/mol.